The molecule has 6 aromatic carbocycles. The van der Waals surface area contributed by atoms with E-state index in [-0.39, 0.29) is 6.71 Å². The van der Waals surface area contributed by atoms with Crippen molar-refractivity contribution in [2.24, 2.45) is 0 Å². The maximum absolute atomic E-state index is 5.05. The zero-order chi connectivity index (χ0) is 36.9. The summed E-state index contributed by atoms with van der Waals surface area (Å²) in [5.74, 6) is 0. The average Bonchev–Trinajstić information content (AvgIpc) is 4.00. The van der Waals surface area contributed by atoms with Gasteiger partial charge < -0.3 is 0 Å². The first-order chi connectivity index (χ1) is 28.3. The van der Waals surface area contributed by atoms with E-state index in [1.54, 1.807) is 0 Å². The van der Waals surface area contributed by atoms with E-state index in [2.05, 4.69) is 176 Å². The van der Waals surface area contributed by atoms with Crippen LogP contribution in [0, 0.1) is 0 Å². The van der Waals surface area contributed by atoms with E-state index < -0.39 is 0 Å². The summed E-state index contributed by atoms with van der Waals surface area (Å²) in [6.07, 6.45) is 3.81. The standard InChI is InChI=1S/C50H29BN6/c1-3-14-31(15-4-1)54-40-25-8-7-18-33(40)43-34-19-11-22-37-46(34)56(49(43)54)41-28-30(39-24-9-10-26-52-39)29-42-45(41)51(37)38-23-12-20-35-44-36-21-13-27-53-48(36)55(32-16-5-2-6-17-32)50(44)57(42)47(35)38/h1-29H. The van der Waals surface area contributed by atoms with Gasteiger partial charge in [-0.1, -0.05) is 97.1 Å². The maximum atomic E-state index is 5.05. The van der Waals surface area contributed by atoms with Gasteiger partial charge >= 0.3 is 0 Å². The first-order valence-corrected chi connectivity index (χ1v) is 19.5. The molecule has 12 aromatic rings. The number of hydrogen-bond donors (Lipinski definition) is 0. The maximum Gasteiger partial charge on any atom is 0.252 e. The highest BCUT2D eigenvalue weighted by Crippen LogP contribution is 2.45. The Kier molecular flexibility index (Phi) is 5.50. The molecule has 8 heterocycles. The highest BCUT2D eigenvalue weighted by molar-refractivity contribution is 7.00. The van der Waals surface area contributed by atoms with Crippen LogP contribution in [0.1, 0.15) is 0 Å². The minimum absolute atomic E-state index is 0.0178. The molecule has 0 bridgehead atoms. The molecule has 0 saturated carbocycles. The third-order valence-corrected chi connectivity index (χ3v) is 12.6. The Bertz CT molecular complexity index is 3460. The van der Waals surface area contributed by atoms with E-state index >= 15 is 0 Å². The van der Waals surface area contributed by atoms with E-state index in [0.717, 1.165) is 39.3 Å². The van der Waals surface area contributed by atoms with Crippen LogP contribution in [0.25, 0.3) is 99.8 Å². The Labute approximate surface area is 326 Å². The number of fused-ring (bicyclic) bond motifs is 14. The summed E-state index contributed by atoms with van der Waals surface area (Å²) in [4.78, 5) is 10.0. The van der Waals surface area contributed by atoms with Gasteiger partial charge in [0.15, 0.2) is 0 Å². The van der Waals surface area contributed by atoms with Crippen molar-refractivity contribution < 1.29 is 0 Å². The predicted molar refractivity (Wildman–Crippen MR) is 234 cm³/mol. The SMILES string of the molecule is c1ccc(-n2c3ccccc3c3c4cccc5c4n(c32)-c2cc(-c3ccccn3)cc3c2B5c2cccc4c5c6cccnc6n(-c6ccccc6)c5n-3c24)cc1. The summed E-state index contributed by atoms with van der Waals surface area (Å²) in [5.41, 5.74) is 17.5. The Morgan fingerprint density at radius 3 is 1.67 bits per heavy atom. The largest absolute Gasteiger partial charge is 0.296 e. The van der Waals surface area contributed by atoms with Gasteiger partial charge in [0.1, 0.15) is 16.9 Å². The topological polar surface area (TPSA) is 45.5 Å². The zero-order valence-corrected chi connectivity index (χ0v) is 30.5. The summed E-state index contributed by atoms with van der Waals surface area (Å²) in [6.45, 7) is 0.0178. The van der Waals surface area contributed by atoms with Crippen LogP contribution in [-0.2, 0) is 0 Å². The molecule has 2 aliphatic heterocycles. The molecule has 6 nitrogen and oxygen atoms in total. The van der Waals surface area contributed by atoms with Crippen LogP contribution in [0.5, 0.6) is 0 Å². The number of para-hydroxylation sites is 5. The van der Waals surface area contributed by atoms with Crippen molar-refractivity contribution in [3.63, 3.8) is 0 Å². The first-order valence-electron chi connectivity index (χ1n) is 19.5. The van der Waals surface area contributed by atoms with Crippen molar-refractivity contribution in [2.45, 2.75) is 0 Å². The molecule has 0 atom stereocenters. The van der Waals surface area contributed by atoms with Gasteiger partial charge in [0.2, 0.25) is 0 Å². The molecule has 7 heteroatoms. The van der Waals surface area contributed by atoms with Gasteiger partial charge in [0.25, 0.3) is 6.71 Å². The molecule has 57 heavy (non-hydrogen) atoms. The van der Waals surface area contributed by atoms with Crippen LogP contribution >= 0.6 is 0 Å². The van der Waals surface area contributed by atoms with E-state index in [4.69, 9.17) is 9.97 Å². The van der Waals surface area contributed by atoms with Crippen LogP contribution in [0.15, 0.2) is 176 Å². The molecule has 0 fully saturated rings. The lowest BCUT2D eigenvalue weighted by Crippen LogP contribution is -2.59. The van der Waals surface area contributed by atoms with Gasteiger partial charge in [-0.25, -0.2) is 4.98 Å². The number of pyridine rings is 2. The zero-order valence-electron chi connectivity index (χ0n) is 30.5. The summed E-state index contributed by atoms with van der Waals surface area (Å²) < 4.78 is 9.96. The number of aromatic nitrogens is 6. The number of hydrogen-bond acceptors (Lipinski definition) is 2. The Morgan fingerprint density at radius 1 is 0.421 bits per heavy atom. The van der Waals surface area contributed by atoms with Gasteiger partial charge in [-0.2, -0.15) is 0 Å². The monoisotopic (exact) mass is 724 g/mol. The van der Waals surface area contributed by atoms with Gasteiger partial charge in [0, 0.05) is 73.0 Å². The number of nitrogens with zero attached hydrogens (tertiary/aromatic N) is 6. The highest BCUT2D eigenvalue weighted by atomic mass is 15.2. The lowest BCUT2D eigenvalue weighted by molar-refractivity contribution is 1.04. The molecule has 0 unspecified atom stereocenters. The molecule has 0 spiro atoms. The minimum atomic E-state index is 0.0178. The van der Waals surface area contributed by atoms with Crippen molar-refractivity contribution in [1.29, 1.82) is 0 Å². The molecule has 0 amide bonds. The molecular formula is C50H29BN6. The Morgan fingerprint density at radius 2 is 0.982 bits per heavy atom. The highest BCUT2D eigenvalue weighted by Gasteiger charge is 2.42. The minimum Gasteiger partial charge on any atom is -0.296 e. The normalized spacial score (nSPS) is 12.9. The van der Waals surface area contributed by atoms with E-state index in [0.29, 0.717) is 0 Å². The van der Waals surface area contributed by atoms with Gasteiger partial charge in [-0.3, -0.25) is 23.3 Å². The number of benzene rings is 6. The Hall–Kier alpha value is -7.64. The van der Waals surface area contributed by atoms with Crippen LogP contribution in [0.3, 0.4) is 0 Å². The van der Waals surface area contributed by atoms with Crippen molar-refractivity contribution in [1.82, 2.24) is 28.2 Å². The lowest BCUT2D eigenvalue weighted by atomic mass is 9.34. The van der Waals surface area contributed by atoms with E-state index in [1.807, 2.05) is 18.5 Å². The average molecular weight is 725 g/mol. The van der Waals surface area contributed by atoms with Gasteiger partial charge in [-0.15, -0.1) is 0 Å². The van der Waals surface area contributed by atoms with Crippen molar-refractivity contribution in [3.8, 4) is 34.0 Å². The summed E-state index contributed by atoms with van der Waals surface area (Å²) >= 11 is 0. The smallest absolute Gasteiger partial charge is 0.252 e. The molecule has 14 rings (SSSR count). The fourth-order valence-corrected chi connectivity index (χ4v) is 10.6. The molecule has 0 radical (unpaired) electrons. The Balaban J connectivity index is 1.24. The molecule has 262 valence electrons. The summed E-state index contributed by atoms with van der Waals surface area (Å²) in [5, 5.41) is 7.41. The van der Waals surface area contributed by atoms with Crippen LogP contribution < -0.4 is 16.4 Å². The van der Waals surface area contributed by atoms with Gasteiger partial charge in [-0.05, 0) is 83.1 Å². The molecule has 0 saturated heterocycles. The van der Waals surface area contributed by atoms with Crippen LogP contribution in [0.2, 0.25) is 0 Å². The van der Waals surface area contributed by atoms with E-state index in [1.165, 1.54) is 76.9 Å². The van der Waals surface area contributed by atoms with Crippen molar-refractivity contribution in [2.75, 3.05) is 0 Å². The quantitative estimate of drug-likeness (QED) is 0.171. The second-order valence-corrected chi connectivity index (χ2v) is 15.4. The molecular weight excluding hydrogens is 695 g/mol. The third-order valence-electron chi connectivity index (χ3n) is 12.6. The second kappa shape index (κ2) is 10.6. The first kappa shape index (κ1) is 29.7. The number of rotatable bonds is 3. The van der Waals surface area contributed by atoms with Crippen molar-refractivity contribution >= 4 is 88.9 Å². The predicted octanol–water partition coefficient (Wildman–Crippen LogP) is 9.37. The second-order valence-electron chi connectivity index (χ2n) is 15.4. The third kappa shape index (κ3) is 3.58. The lowest BCUT2D eigenvalue weighted by Gasteiger charge is -2.34. The molecule has 0 N–H and O–H groups in total. The van der Waals surface area contributed by atoms with Gasteiger partial charge in [0.05, 0.1) is 22.2 Å². The van der Waals surface area contributed by atoms with Crippen LogP contribution in [-0.4, -0.2) is 34.9 Å². The molecule has 2 aliphatic rings. The fraction of sp³-hybridized carbons (Fsp3) is 0. The summed E-state index contributed by atoms with van der Waals surface area (Å²) in [6, 6.07) is 59.6. The fourth-order valence-electron chi connectivity index (χ4n) is 10.6. The summed E-state index contributed by atoms with van der Waals surface area (Å²) in [7, 11) is 0. The van der Waals surface area contributed by atoms with E-state index in [9.17, 15) is 0 Å². The van der Waals surface area contributed by atoms with Crippen LogP contribution in [0.4, 0.5) is 0 Å². The molecule has 6 aromatic heterocycles. The van der Waals surface area contributed by atoms with Crippen molar-refractivity contribution in [3.05, 3.63) is 176 Å². The molecule has 0 aliphatic carbocycles.